The number of aromatic amines is 1. The fourth-order valence-corrected chi connectivity index (χ4v) is 1.15. The Balaban J connectivity index is 2.82. The lowest BCUT2D eigenvalue weighted by molar-refractivity contribution is 0.386. The summed E-state index contributed by atoms with van der Waals surface area (Å²) in [6, 6.07) is 0. The Hall–Kier alpha value is -2.51. The van der Waals surface area contributed by atoms with Gasteiger partial charge in [-0.15, -0.1) is 0 Å². The van der Waals surface area contributed by atoms with E-state index in [0.29, 0.717) is 4.57 Å². The van der Waals surface area contributed by atoms with E-state index in [0.717, 1.165) is 0 Å². The van der Waals surface area contributed by atoms with Gasteiger partial charge >= 0.3 is 5.69 Å². The van der Waals surface area contributed by atoms with Gasteiger partial charge in [-0.25, -0.2) is 19.3 Å². The molecule has 16 heavy (non-hydrogen) atoms. The third-order valence-corrected chi connectivity index (χ3v) is 1.84. The molecular formula is C8H5FN4O3. The van der Waals surface area contributed by atoms with Crippen molar-refractivity contribution in [2.45, 2.75) is 0 Å². The Bertz CT molecular complexity index is 634. The molecule has 2 aromatic rings. The van der Waals surface area contributed by atoms with Crippen molar-refractivity contribution in [1.82, 2.24) is 19.5 Å². The van der Waals surface area contributed by atoms with Crippen molar-refractivity contribution in [1.29, 1.82) is 0 Å². The molecule has 0 aliphatic rings. The Morgan fingerprint density at radius 1 is 1.31 bits per heavy atom. The minimum atomic E-state index is -1.44. The molecule has 0 aliphatic heterocycles. The summed E-state index contributed by atoms with van der Waals surface area (Å²) in [4.78, 5) is 31.1. The summed E-state index contributed by atoms with van der Waals surface area (Å²) >= 11 is 0. The summed E-state index contributed by atoms with van der Waals surface area (Å²) < 4.78 is 13.6. The van der Waals surface area contributed by atoms with Crippen LogP contribution in [0.2, 0.25) is 0 Å². The maximum atomic E-state index is 13.1. The smallest absolute Gasteiger partial charge is 0.336 e. The van der Waals surface area contributed by atoms with Gasteiger partial charge in [-0.05, 0) is 0 Å². The molecule has 0 aromatic carbocycles. The predicted octanol–water partition coefficient (Wildman–Crippen LogP) is -0.840. The van der Waals surface area contributed by atoms with Crippen molar-refractivity contribution in [3.63, 3.8) is 0 Å². The van der Waals surface area contributed by atoms with Gasteiger partial charge in [0.2, 0.25) is 11.7 Å². The van der Waals surface area contributed by atoms with E-state index in [9.17, 15) is 19.1 Å². The minimum Gasteiger partial charge on any atom is -0.492 e. The summed E-state index contributed by atoms with van der Waals surface area (Å²) in [7, 11) is 0. The second-order valence-electron chi connectivity index (χ2n) is 2.83. The maximum absolute atomic E-state index is 13.1. The first-order chi connectivity index (χ1) is 7.61. The van der Waals surface area contributed by atoms with Crippen molar-refractivity contribution >= 4 is 0 Å². The highest BCUT2D eigenvalue weighted by molar-refractivity contribution is 5.30. The lowest BCUT2D eigenvalue weighted by Crippen LogP contribution is -2.31. The minimum absolute atomic E-state index is 0.0418. The number of hydrogen-bond donors (Lipinski definition) is 2. The standard InChI is InChI=1S/C8H5FN4O3/c9-5-6(14)12-8(16)13(7(5)15)4-1-10-3-11-2-4/h1-3,15H,(H,12,14,16). The topological polar surface area (TPSA) is 101 Å². The zero-order chi connectivity index (χ0) is 11.7. The van der Waals surface area contributed by atoms with E-state index in [-0.39, 0.29) is 5.69 Å². The van der Waals surface area contributed by atoms with Crippen LogP contribution in [0.5, 0.6) is 5.88 Å². The lowest BCUT2D eigenvalue weighted by Gasteiger charge is -2.06. The van der Waals surface area contributed by atoms with E-state index in [1.54, 1.807) is 4.98 Å². The van der Waals surface area contributed by atoms with Crippen LogP contribution in [0.15, 0.2) is 28.3 Å². The largest absolute Gasteiger partial charge is 0.492 e. The van der Waals surface area contributed by atoms with E-state index < -0.39 is 22.9 Å². The number of nitrogens with zero attached hydrogens (tertiary/aromatic N) is 3. The van der Waals surface area contributed by atoms with Crippen LogP contribution in [-0.4, -0.2) is 24.6 Å². The number of rotatable bonds is 1. The highest BCUT2D eigenvalue weighted by Gasteiger charge is 2.14. The van der Waals surface area contributed by atoms with Crippen LogP contribution in [0.1, 0.15) is 0 Å². The molecule has 0 bridgehead atoms. The molecular weight excluding hydrogens is 219 g/mol. The molecule has 8 heteroatoms. The third-order valence-electron chi connectivity index (χ3n) is 1.84. The fourth-order valence-electron chi connectivity index (χ4n) is 1.15. The molecule has 2 heterocycles. The number of hydrogen-bond acceptors (Lipinski definition) is 5. The van der Waals surface area contributed by atoms with E-state index >= 15 is 0 Å². The van der Waals surface area contributed by atoms with Gasteiger partial charge in [0.15, 0.2) is 0 Å². The highest BCUT2D eigenvalue weighted by atomic mass is 19.1. The highest BCUT2D eigenvalue weighted by Crippen LogP contribution is 2.12. The normalized spacial score (nSPS) is 10.3. The molecule has 2 aromatic heterocycles. The first-order valence-corrected chi connectivity index (χ1v) is 4.10. The summed E-state index contributed by atoms with van der Waals surface area (Å²) in [5.41, 5.74) is -2.21. The SMILES string of the molecule is O=c1[nH]c(=O)n(-c2cncnc2)c(O)c1F. The Labute approximate surface area is 86.9 Å². The molecule has 2 N–H and O–H groups in total. The van der Waals surface area contributed by atoms with Crippen molar-refractivity contribution in [2.75, 3.05) is 0 Å². The molecule has 82 valence electrons. The number of aromatic hydroxyl groups is 1. The van der Waals surface area contributed by atoms with Crippen LogP contribution in [0.3, 0.4) is 0 Å². The molecule has 0 unspecified atom stereocenters. The summed E-state index contributed by atoms with van der Waals surface area (Å²) in [6.07, 6.45) is 3.57. The predicted molar refractivity (Wildman–Crippen MR) is 49.9 cm³/mol. The molecule has 0 aliphatic carbocycles. The monoisotopic (exact) mass is 224 g/mol. The summed E-state index contributed by atoms with van der Waals surface area (Å²) in [5.74, 6) is -2.52. The van der Waals surface area contributed by atoms with Crippen LogP contribution in [0, 0.1) is 5.82 Å². The Morgan fingerprint density at radius 3 is 2.56 bits per heavy atom. The first-order valence-electron chi connectivity index (χ1n) is 4.10. The third kappa shape index (κ3) is 1.45. The Morgan fingerprint density at radius 2 is 1.94 bits per heavy atom. The average molecular weight is 224 g/mol. The van der Waals surface area contributed by atoms with E-state index in [1.165, 1.54) is 18.7 Å². The molecule has 7 nitrogen and oxygen atoms in total. The van der Waals surface area contributed by atoms with Gasteiger partial charge in [0.1, 0.15) is 6.33 Å². The second-order valence-corrected chi connectivity index (χ2v) is 2.83. The lowest BCUT2D eigenvalue weighted by atomic mass is 10.4. The van der Waals surface area contributed by atoms with Gasteiger partial charge in [-0.3, -0.25) is 9.78 Å². The Kier molecular flexibility index (Phi) is 2.24. The quantitative estimate of drug-likeness (QED) is 0.657. The zero-order valence-electron chi connectivity index (χ0n) is 7.72. The maximum Gasteiger partial charge on any atom is 0.336 e. The summed E-state index contributed by atoms with van der Waals surface area (Å²) in [6.45, 7) is 0. The van der Waals surface area contributed by atoms with Crippen molar-refractivity contribution in [2.24, 2.45) is 0 Å². The fraction of sp³-hybridized carbons (Fsp3) is 0. The van der Waals surface area contributed by atoms with Gasteiger partial charge in [0.05, 0.1) is 18.1 Å². The average Bonchev–Trinajstić information content (AvgIpc) is 2.28. The number of aromatic nitrogens is 4. The summed E-state index contributed by atoms with van der Waals surface area (Å²) in [5, 5.41) is 9.33. The van der Waals surface area contributed by atoms with Gasteiger partial charge in [0, 0.05) is 0 Å². The van der Waals surface area contributed by atoms with Gasteiger partial charge in [-0.1, -0.05) is 0 Å². The number of H-pyrrole nitrogens is 1. The molecule has 0 saturated carbocycles. The van der Waals surface area contributed by atoms with Crippen LogP contribution in [-0.2, 0) is 0 Å². The van der Waals surface area contributed by atoms with Crippen LogP contribution in [0.4, 0.5) is 4.39 Å². The van der Waals surface area contributed by atoms with Crippen LogP contribution >= 0.6 is 0 Å². The molecule has 0 radical (unpaired) electrons. The molecule has 0 fully saturated rings. The van der Waals surface area contributed by atoms with E-state index in [4.69, 9.17) is 0 Å². The van der Waals surface area contributed by atoms with Crippen molar-refractivity contribution in [3.05, 3.63) is 45.4 Å². The van der Waals surface area contributed by atoms with Crippen molar-refractivity contribution < 1.29 is 9.50 Å². The molecule has 0 amide bonds. The van der Waals surface area contributed by atoms with Crippen LogP contribution in [0.25, 0.3) is 5.69 Å². The van der Waals surface area contributed by atoms with Gasteiger partial charge in [0.25, 0.3) is 5.56 Å². The molecule has 0 atom stereocenters. The van der Waals surface area contributed by atoms with E-state index in [1.807, 2.05) is 0 Å². The zero-order valence-corrected chi connectivity index (χ0v) is 7.72. The number of halogens is 1. The first kappa shape index (κ1) is 10.0. The van der Waals surface area contributed by atoms with Gasteiger partial charge < -0.3 is 5.11 Å². The molecule has 0 saturated heterocycles. The molecule has 0 spiro atoms. The number of nitrogens with one attached hydrogen (secondary N) is 1. The van der Waals surface area contributed by atoms with Crippen molar-refractivity contribution in [3.8, 4) is 11.6 Å². The molecule has 2 rings (SSSR count). The van der Waals surface area contributed by atoms with Gasteiger partial charge in [-0.2, -0.15) is 4.39 Å². The van der Waals surface area contributed by atoms with E-state index in [2.05, 4.69) is 9.97 Å². The van der Waals surface area contributed by atoms with Crippen LogP contribution < -0.4 is 11.2 Å². The second kappa shape index (κ2) is 3.57.